The third-order valence-electron chi connectivity index (χ3n) is 5.15. The topological polar surface area (TPSA) is 78.5 Å². The molecule has 0 saturated carbocycles. The van der Waals surface area contributed by atoms with Crippen molar-refractivity contribution >= 4 is 21.7 Å². The van der Waals surface area contributed by atoms with Crippen molar-refractivity contribution in [3.05, 3.63) is 40.8 Å². The minimum atomic E-state index is -3.86. The Kier molecular flexibility index (Phi) is 7.66. The predicted molar refractivity (Wildman–Crippen MR) is 115 cm³/mol. The average molecular weight is 408 g/mol. The summed E-state index contributed by atoms with van der Waals surface area (Å²) < 4.78 is 26.8. The molecule has 1 fully saturated rings. The molecule has 1 unspecified atom stereocenters. The van der Waals surface area contributed by atoms with Crippen LogP contribution in [0, 0.1) is 0 Å². The minimum absolute atomic E-state index is 0.110. The number of hydrogen-bond donors (Lipinski definition) is 2. The number of urea groups is 1. The molecule has 1 saturated heterocycles. The molecule has 0 spiro atoms. The van der Waals surface area contributed by atoms with E-state index < -0.39 is 16.1 Å². The van der Waals surface area contributed by atoms with E-state index in [0.29, 0.717) is 5.69 Å². The van der Waals surface area contributed by atoms with Gasteiger partial charge in [-0.05, 0) is 48.9 Å². The number of para-hydroxylation sites is 1. The molecule has 1 aliphatic rings. The summed E-state index contributed by atoms with van der Waals surface area (Å²) in [7, 11) is -3.86. The summed E-state index contributed by atoms with van der Waals surface area (Å²) >= 11 is 0. The highest BCUT2D eigenvalue weighted by Gasteiger charge is 2.22. The summed E-state index contributed by atoms with van der Waals surface area (Å²) in [5.74, 6) is 0.404. The Bertz CT molecular complexity index is 790. The maximum absolute atomic E-state index is 12.4. The van der Waals surface area contributed by atoms with Gasteiger partial charge < -0.3 is 5.32 Å². The molecule has 7 heteroatoms. The normalized spacial score (nSPS) is 18.3. The van der Waals surface area contributed by atoms with Gasteiger partial charge in [-0.25, -0.2) is 17.9 Å². The van der Waals surface area contributed by atoms with E-state index in [1.54, 1.807) is 6.08 Å². The van der Waals surface area contributed by atoms with Crippen molar-refractivity contribution < 1.29 is 13.2 Å². The van der Waals surface area contributed by atoms with Crippen molar-refractivity contribution in [2.45, 2.75) is 65.3 Å². The maximum atomic E-state index is 12.4. The zero-order valence-corrected chi connectivity index (χ0v) is 18.3. The second-order valence-electron chi connectivity index (χ2n) is 7.89. The number of amides is 2. The molecule has 2 amide bonds. The van der Waals surface area contributed by atoms with E-state index in [9.17, 15) is 13.2 Å². The fourth-order valence-electron chi connectivity index (χ4n) is 3.65. The van der Waals surface area contributed by atoms with Crippen molar-refractivity contribution in [3.8, 4) is 0 Å². The predicted octanol–water partition coefficient (Wildman–Crippen LogP) is 4.38. The molecule has 1 atom stereocenters. The Balaban J connectivity index is 2.13. The van der Waals surface area contributed by atoms with Crippen molar-refractivity contribution in [3.63, 3.8) is 0 Å². The third-order valence-corrected chi connectivity index (χ3v) is 6.13. The van der Waals surface area contributed by atoms with Gasteiger partial charge in [0.25, 0.3) is 10.0 Å². The Morgan fingerprint density at radius 1 is 1.21 bits per heavy atom. The van der Waals surface area contributed by atoms with Crippen molar-refractivity contribution in [2.24, 2.45) is 0 Å². The number of anilines is 1. The lowest BCUT2D eigenvalue weighted by molar-refractivity contribution is 0.256. The van der Waals surface area contributed by atoms with Gasteiger partial charge in [-0.1, -0.05) is 58.9 Å². The molecule has 2 rings (SSSR count). The molecule has 1 aromatic rings. The third kappa shape index (κ3) is 5.82. The van der Waals surface area contributed by atoms with E-state index in [0.717, 1.165) is 42.5 Å². The van der Waals surface area contributed by atoms with Crippen LogP contribution in [0.15, 0.2) is 29.7 Å². The monoisotopic (exact) mass is 407 g/mol. The summed E-state index contributed by atoms with van der Waals surface area (Å²) in [6, 6.07) is 5.26. The number of benzene rings is 1. The highest BCUT2D eigenvalue weighted by atomic mass is 32.2. The first-order valence-corrected chi connectivity index (χ1v) is 11.6. The van der Waals surface area contributed by atoms with Crippen LogP contribution >= 0.6 is 0 Å². The van der Waals surface area contributed by atoms with E-state index in [-0.39, 0.29) is 17.9 Å². The first-order valence-electron chi connectivity index (χ1n) is 10.0. The Morgan fingerprint density at radius 2 is 1.82 bits per heavy atom. The molecule has 0 aromatic heterocycles. The molecule has 28 heavy (non-hydrogen) atoms. The molecule has 6 nitrogen and oxygen atoms in total. The van der Waals surface area contributed by atoms with Gasteiger partial charge in [0, 0.05) is 17.1 Å². The Hall–Kier alpha value is -1.86. The lowest BCUT2D eigenvalue weighted by atomic mass is 9.93. The van der Waals surface area contributed by atoms with Crippen LogP contribution in [0.3, 0.4) is 0 Å². The molecular weight excluding hydrogens is 374 g/mol. The number of sulfonamides is 1. The standard InChI is InChI=1S/C21H33N3O3S/c1-6-24-13-8-9-17(24)12-14-28(26,27)23-21(25)22-20-18(15(2)3)10-7-11-19(20)16(4)5/h7,10-12,14-17H,6,8-9,13H2,1-5H3,(H2,22,23,25). The van der Waals surface area contributed by atoms with E-state index in [1.165, 1.54) is 0 Å². The first kappa shape index (κ1) is 22.4. The molecule has 0 radical (unpaired) electrons. The summed E-state index contributed by atoms with van der Waals surface area (Å²) in [5, 5.41) is 3.89. The van der Waals surface area contributed by atoms with Crippen LogP contribution in [-0.4, -0.2) is 38.5 Å². The number of likely N-dealkylation sites (N-methyl/N-ethyl adjacent to an activating group) is 1. The fourth-order valence-corrected chi connectivity index (χ4v) is 4.42. The largest absolute Gasteiger partial charge is 0.333 e. The highest BCUT2D eigenvalue weighted by molar-refractivity contribution is 7.92. The van der Waals surface area contributed by atoms with Gasteiger partial charge in [-0.2, -0.15) is 0 Å². The van der Waals surface area contributed by atoms with E-state index in [2.05, 4.69) is 21.9 Å². The highest BCUT2D eigenvalue weighted by Crippen LogP contribution is 2.32. The van der Waals surface area contributed by atoms with Gasteiger partial charge in [-0.15, -0.1) is 0 Å². The smallest absolute Gasteiger partial charge is 0.307 e. The number of nitrogens with zero attached hydrogens (tertiary/aromatic N) is 1. The van der Waals surface area contributed by atoms with E-state index in [4.69, 9.17) is 0 Å². The van der Waals surface area contributed by atoms with Gasteiger partial charge in [-0.3, -0.25) is 4.90 Å². The van der Waals surface area contributed by atoms with E-state index >= 15 is 0 Å². The van der Waals surface area contributed by atoms with Gasteiger partial charge in [0.05, 0.1) is 0 Å². The van der Waals surface area contributed by atoms with Gasteiger partial charge in [0.1, 0.15) is 0 Å². The maximum Gasteiger partial charge on any atom is 0.333 e. The Labute approximate surface area is 169 Å². The lowest BCUT2D eigenvalue weighted by Gasteiger charge is -2.20. The number of rotatable bonds is 7. The van der Waals surface area contributed by atoms with Gasteiger partial charge in [0.15, 0.2) is 0 Å². The molecule has 2 N–H and O–H groups in total. The molecular formula is C21H33N3O3S. The Morgan fingerprint density at radius 3 is 2.36 bits per heavy atom. The molecule has 0 bridgehead atoms. The van der Waals surface area contributed by atoms with Crippen LogP contribution in [0.5, 0.6) is 0 Å². The van der Waals surface area contributed by atoms with Crippen LogP contribution in [0.1, 0.15) is 70.4 Å². The molecule has 1 aliphatic heterocycles. The van der Waals surface area contributed by atoms with Crippen molar-refractivity contribution in [1.82, 2.24) is 9.62 Å². The van der Waals surface area contributed by atoms with Crippen LogP contribution in [-0.2, 0) is 10.0 Å². The minimum Gasteiger partial charge on any atom is -0.307 e. The number of hydrogen-bond acceptors (Lipinski definition) is 4. The summed E-state index contributed by atoms with van der Waals surface area (Å²) in [6.45, 7) is 12.1. The number of carbonyl (C=O) groups is 1. The van der Waals surface area contributed by atoms with Crippen molar-refractivity contribution in [1.29, 1.82) is 0 Å². The lowest BCUT2D eigenvalue weighted by Crippen LogP contribution is -2.34. The average Bonchev–Trinajstić information content (AvgIpc) is 3.07. The first-order chi connectivity index (χ1) is 13.1. The molecule has 1 aromatic carbocycles. The summed E-state index contributed by atoms with van der Waals surface area (Å²) in [4.78, 5) is 14.7. The summed E-state index contributed by atoms with van der Waals surface area (Å²) in [6.07, 6.45) is 3.67. The molecule has 156 valence electrons. The molecule has 1 heterocycles. The number of nitrogens with one attached hydrogen (secondary N) is 2. The molecule has 0 aliphatic carbocycles. The second-order valence-corrected chi connectivity index (χ2v) is 9.46. The zero-order valence-electron chi connectivity index (χ0n) is 17.5. The zero-order chi connectivity index (χ0) is 20.9. The van der Waals surface area contributed by atoms with Gasteiger partial charge >= 0.3 is 6.03 Å². The fraction of sp³-hybridized carbons (Fsp3) is 0.571. The number of likely N-dealkylation sites (tertiary alicyclic amines) is 1. The number of carbonyl (C=O) groups excluding carboxylic acids is 1. The second kappa shape index (κ2) is 9.56. The van der Waals surface area contributed by atoms with Crippen LogP contribution in [0.2, 0.25) is 0 Å². The van der Waals surface area contributed by atoms with E-state index in [1.807, 2.05) is 45.9 Å². The van der Waals surface area contributed by atoms with Crippen LogP contribution < -0.4 is 10.0 Å². The van der Waals surface area contributed by atoms with Crippen LogP contribution in [0.25, 0.3) is 0 Å². The van der Waals surface area contributed by atoms with Crippen LogP contribution in [0.4, 0.5) is 10.5 Å². The summed E-state index contributed by atoms with van der Waals surface area (Å²) in [5.41, 5.74) is 2.66. The quantitative estimate of drug-likeness (QED) is 0.703. The SMILES string of the molecule is CCN1CCCC1C=CS(=O)(=O)NC(=O)Nc1c(C(C)C)cccc1C(C)C. The van der Waals surface area contributed by atoms with Gasteiger partial charge in [0.2, 0.25) is 0 Å². The van der Waals surface area contributed by atoms with Crippen molar-refractivity contribution in [2.75, 3.05) is 18.4 Å².